The van der Waals surface area contributed by atoms with E-state index >= 15 is 0 Å². The van der Waals surface area contributed by atoms with Crippen LogP contribution in [-0.2, 0) is 0 Å². The molecule has 200 valence electrons. The summed E-state index contributed by atoms with van der Waals surface area (Å²) in [6.07, 6.45) is 0. The SMILES string of the molecule is c1ccc(-c2nc(-c3ccc4c(c3)sc3ccccc34)nc(-c3cccc4c3ccc3c5ccccc5ccc43)n2)cc1. The molecule has 7 aromatic carbocycles. The zero-order valence-electron chi connectivity index (χ0n) is 23.0. The van der Waals surface area contributed by atoms with Gasteiger partial charge in [-0.2, -0.15) is 0 Å². The van der Waals surface area contributed by atoms with Gasteiger partial charge >= 0.3 is 0 Å². The zero-order chi connectivity index (χ0) is 28.3. The van der Waals surface area contributed by atoms with Gasteiger partial charge < -0.3 is 0 Å². The van der Waals surface area contributed by atoms with E-state index in [0.29, 0.717) is 17.5 Å². The molecule has 0 radical (unpaired) electrons. The molecule has 0 fully saturated rings. The first kappa shape index (κ1) is 24.2. The van der Waals surface area contributed by atoms with Gasteiger partial charge in [-0.25, -0.2) is 15.0 Å². The monoisotopic (exact) mass is 565 g/mol. The van der Waals surface area contributed by atoms with Gasteiger partial charge in [0.05, 0.1) is 0 Å². The molecule has 0 aliphatic carbocycles. The summed E-state index contributed by atoms with van der Waals surface area (Å²) in [4.78, 5) is 15.2. The highest BCUT2D eigenvalue weighted by Crippen LogP contribution is 2.38. The van der Waals surface area contributed by atoms with Crippen molar-refractivity contribution in [3.63, 3.8) is 0 Å². The maximum Gasteiger partial charge on any atom is 0.164 e. The van der Waals surface area contributed by atoms with Crippen molar-refractivity contribution in [2.75, 3.05) is 0 Å². The standard InChI is InChI=1S/C39H23N3S/c1-2-10-25(11-3-1)37-40-38(26-18-20-33-32-13-6-7-16-35(32)43-36(33)23-26)42-39(41-37)34-15-8-14-28-30-19-17-24-9-4-5-12-27(24)29(30)21-22-31(28)34/h1-23H. The molecule has 0 saturated carbocycles. The highest BCUT2D eigenvalue weighted by Gasteiger charge is 2.16. The molecule has 3 nitrogen and oxygen atoms in total. The van der Waals surface area contributed by atoms with Crippen LogP contribution in [0.25, 0.3) is 86.7 Å². The predicted molar refractivity (Wildman–Crippen MR) is 182 cm³/mol. The van der Waals surface area contributed by atoms with Crippen molar-refractivity contribution in [1.82, 2.24) is 15.0 Å². The second-order valence-electron chi connectivity index (χ2n) is 10.8. The molecule has 2 aromatic heterocycles. The van der Waals surface area contributed by atoms with Gasteiger partial charge in [0.15, 0.2) is 17.5 Å². The van der Waals surface area contributed by atoms with Gasteiger partial charge in [0.25, 0.3) is 0 Å². The van der Waals surface area contributed by atoms with Crippen LogP contribution in [-0.4, -0.2) is 15.0 Å². The van der Waals surface area contributed by atoms with E-state index in [1.807, 2.05) is 18.2 Å². The fourth-order valence-electron chi connectivity index (χ4n) is 6.26. The van der Waals surface area contributed by atoms with Crippen LogP contribution in [0.3, 0.4) is 0 Å². The minimum atomic E-state index is 0.667. The van der Waals surface area contributed by atoms with Crippen LogP contribution in [0, 0.1) is 0 Å². The van der Waals surface area contributed by atoms with E-state index in [2.05, 4.69) is 121 Å². The minimum Gasteiger partial charge on any atom is -0.208 e. The van der Waals surface area contributed by atoms with Crippen molar-refractivity contribution in [1.29, 1.82) is 0 Å². The zero-order valence-corrected chi connectivity index (χ0v) is 23.8. The normalized spacial score (nSPS) is 11.7. The van der Waals surface area contributed by atoms with Crippen LogP contribution in [0.4, 0.5) is 0 Å². The summed E-state index contributed by atoms with van der Waals surface area (Å²) in [7, 11) is 0. The van der Waals surface area contributed by atoms with E-state index in [9.17, 15) is 0 Å². The Hall–Kier alpha value is -5.45. The second kappa shape index (κ2) is 9.55. The third-order valence-electron chi connectivity index (χ3n) is 8.33. The van der Waals surface area contributed by atoms with Crippen LogP contribution in [0.15, 0.2) is 140 Å². The van der Waals surface area contributed by atoms with E-state index in [-0.39, 0.29) is 0 Å². The van der Waals surface area contributed by atoms with Gasteiger partial charge in [-0.05, 0) is 44.5 Å². The first-order chi connectivity index (χ1) is 21.3. The number of aromatic nitrogens is 3. The Morgan fingerprint density at radius 1 is 0.349 bits per heavy atom. The summed E-state index contributed by atoms with van der Waals surface area (Å²) in [5, 5.41) is 9.85. The maximum atomic E-state index is 5.12. The molecular formula is C39H23N3S. The molecule has 9 aromatic rings. The number of thiophene rings is 1. The fraction of sp³-hybridized carbons (Fsp3) is 0. The lowest BCUT2D eigenvalue weighted by atomic mass is 9.95. The minimum absolute atomic E-state index is 0.667. The molecular weight excluding hydrogens is 543 g/mol. The summed E-state index contributed by atoms with van der Waals surface area (Å²) >= 11 is 1.80. The molecule has 0 aliphatic rings. The molecule has 43 heavy (non-hydrogen) atoms. The average molecular weight is 566 g/mol. The van der Waals surface area contributed by atoms with E-state index < -0.39 is 0 Å². The molecule has 4 heteroatoms. The molecule has 0 atom stereocenters. The van der Waals surface area contributed by atoms with E-state index in [1.165, 1.54) is 47.1 Å². The van der Waals surface area contributed by atoms with Crippen molar-refractivity contribution >= 4 is 63.8 Å². The highest BCUT2D eigenvalue weighted by atomic mass is 32.1. The van der Waals surface area contributed by atoms with Crippen LogP contribution < -0.4 is 0 Å². The van der Waals surface area contributed by atoms with Gasteiger partial charge in [0.2, 0.25) is 0 Å². The van der Waals surface area contributed by atoms with Gasteiger partial charge in [-0.15, -0.1) is 11.3 Å². The molecule has 0 amide bonds. The Labute approximate surface area is 251 Å². The largest absolute Gasteiger partial charge is 0.208 e. The Morgan fingerprint density at radius 3 is 1.86 bits per heavy atom. The molecule has 0 unspecified atom stereocenters. The smallest absolute Gasteiger partial charge is 0.164 e. The van der Waals surface area contributed by atoms with E-state index in [0.717, 1.165) is 22.1 Å². The Kier molecular flexibility index (Phi) is 5.37. The topological polar surface area (TPSA) is 38.7 Å². The Bertz CT molecular complexity index is 2510. The van der Waals surface area contributed by atoms with E-state index in [4.69, 9.17) is 15.0 Å². The third-order valence-corrected chi connectivity index (χ3v) is 9.46. The van der Waals surface area contributed by atoms with Crippen molar-refractivity contribution < 1.29 is 0 Å². The summed E-state index contributed by atoms with van der Waals surface area (Å²) in [5.74, 6) is 2.01. The van der Waals surface area contributed by atoms with Gasteiger partial charge in [-0.1, -0.05) is 127 Å². The lowest BCUT2D eigenvalue weighted by Gasteiger charge is -2.12. The molecule has 0 saturated heterocycles. The van der Waals surface area contributed by atoms with Crippen molar-refractivity contribution in [3.8, 4) is 34.2 Å². The third kappa shape index (κ3) is 3.92. The lowest BCUT2D eigenvalue weighted by Crippen LogP contribution is -2.00. The number of fused-ring (bicyclic) bond motifs is 8. The number of benzene rings is 7. The van der Waals surface area contributed by atoms with Gasteiger partial charge in [0.1, 0.15) is 0 Å². The quantitative estimate of drug-likeness (QED) is 0.200. The molecule has 0 spiro atoms. The predicted octanol–water partition coefficient (Wildman–Crippen LogP) is 10.7. The molecule has 0 bridgehead atoms. The first-order valence-electron chi connectivity index (χ1n) is 14.4. The van der Waals surface area contributed by atoms with Gasteiger partial charge in [-0.3, -0.25) is 0 Å². The van der Waals surface area contributed by atoms with Crippen molar-refractivity contribution in [2.24, 2.45) is 0 Å². The average Bonchev–Trinajstić information content (AvgIpc) is 3.46. The Morgan fingerprint density at radius 2 is 0.953 bits per heavy atom. The second-order valence-corrected chi connectivity index (χ2v) is 11.9. The number of nitrogens with zero attached hydrogens (tertiary/aromatic N) is 3. The van der Waals surface area contributed by atoms with Crippen LogP contribution in [0.1, 0.15) is 0 Å². The Balaban J connectivity index is 1.28. The molecule has 9 rings (SSSR count). The van der Waals surface area contributed by atoms with Crippen molar-refractivity contribution in [3.05, 3.63) is 140 Å². The molecule has 2 heterocycles. The van der Waals surface area contributed by atoms with Crippen LogP contribution in [0.2, 0.25) is 0 Å². The fourth-order valence-corrected chi connectivity index (χ4v) is 7.40. The highest BCUT2D eigenvalue weighted by molar-refractivity contribution is 7.25. The van der Waals surface area contributed by atoms with Gasteiger partial charge in [0, 0.05) is 36.9 Å². The summed E-state index contributed by atoms with van der Waals surface area (Å²) in [5.41, 5.74) is 2.95. The number of hydrogen-bond donors (Lipinski definition) is 0. The van der Waals surface area contributed by atoms with Crippen molar-refractivity contribution in [2.45, 2.75) is 0 Å². The number of rotatable bonds is 3. The van der Waals surface area contributed by atoms with Crippen LogP contribution >= 0.6 is 11.3 Å². The van der Waals surface area contributed by atoms with Crippen LogP contribution in [0.5, 0.6) is 0 Å². The number of hydrogen-bond acceptors (Lipinski definition) is 4. The summed E-state index contributed by atoms with van der Waals surface area (Å²) in [6, 6.07) is 49.2. The lowest BCUT2D eigenvalue weighted by molar-refractivity contribution is 1.08. The summed E-state index contributed by atoms with van der Waals surface area (Å²) < 4.78 is 2.51. The summed E-state index contributed by atoms with van der Waals surface area (Å²) in [6.45, 7) is 0. The molecule has 0 aliphatic heterocycles. The maximum absolute atomic E-state index is 5.12. The molecule has 0 N–H and O–H groups in total. The first-order valence-corrected chi connectivity index (χ1v) is 15.2. The van der Waals surface area contributed by atoms with E-state index in [1.54, 1.807) is 11.3 Å².